The number of aliphatic carboxylic acids is 1. The van der Waals surface area contributed by atoms with Crippen LogP contribution in [0.2, 0.25) is 0 Å². The Morgan fingerprint density at radius 1 is 1.44 bits per heavy atom. The number of nitrogens with one attached hydrogen (secondary N) is 1. The van der Waals surface area contributed by atoms with Crippen LogP contribution < -0.4 is 31.3 Å². The lowest BCUT2D eigenvalue weighted by molar-refractivity contribution is -0.344. The van der Waals surface area contributed by atoms with Gasteiger partial charge in [-0.2, -0.15) is 13.2 Å². The van der Waals surface area contributed by atoms with E-state index in [1.54, 1.807) is 11.8 Å². The zero-order chi connectivity index (χ0) is 22.7. The number of benzene rings is 1. The van der Waals surface area contributed by atoms with Gasteiger partial charge in [0.2, 0.25) is 17.2 Å². The van der Waals surface area contributed by atoms with Gasteiger partial charge in [-0.1, -0.05) is 0 Å². The van der Waals surface area contributed by atoms with Crippen molar-refractivity contribution in [3.63, 3.8) is 0 Å². The lowest BCUT2D eigenvalue weighted by Gasteiger charge is -2.46. The quantitative estimate of drug-likeness (QED) is 0.323. The van der Waals surface area contributed by atoms with Crippen LogP contribution in [0.1, 0.15) is 18.4 Å². The van der Waals surface area contributed by atoms with Crippen molar-refractivity contribution in [2.24, 2.45) is 10.7 Å². The predicted octanol–water partition coefficient (Wildman–Crippen LogP) is -1.25. The highest BCUT2D eigenvalue weighted by Crippen LogP contribution is 2.62. The third-order valence-corrected chi connectivity index (χ3v) is 8.32. The molecule has 5 heterocycles. The summed E-state index contributed by atoms with van der Waals surface area (Å²) in [4.78, 5) is 27.3. The van der Waals surface area contributed by atoms with E-state index in [9.17, 15) is 23.1 Å². The first-order valence-electron chi connectivity index (χ1n) is 9.89. The maximum absolute atomic E-state index is 12.9. The van der Waals surface area contributed by atoms with E-state index in [4.69, 9.17) is 15.6 Å². The molecular formula is C20H15F3N4O4S. The topological polar surface area (TPSA) is 131 Å². The molecule has 166 valence electrons. The van der Waals surface area contributed by atoms with Crippen molar-refractivity contribution in [3.05, 3.63) is 27.1 Å². The Morgan fingerprint density at radius 2 is 2.16 bits per heavy atom. The van der Waals surface area contributed by atoms with Gasteiger partial charge in [0.25, 0.3) is 0 Å². The number of phenolic OH excluding ortho intramolecular Hbond substituents is 1. The van der Waals surface area contributed by atoms with E-state index in [1.165, 1.54) is 0 Å². The minimum atomic E-state index is -5.19. The molecule has 1 aromatic rings. The second kappa shape index (κ2) is 5.93. The molecule has 1 fully saturated rings. The average molecular weight is 464 g/mol. The molecule has 5 aliphatic heterocycles. The molecule has 32 heavy (non-hydrogen) atoms. The summed E-state index contributed by atoms with van der Waals surface area (Å²) in [5, 5.41) is 25.5. The van der Waals surface area contributed by atoms with Crippen LogP contribution in [0.5, 0.6) is 5.75 Å². The normalized spacial score (nSPS) is 31.7. The number of halogens is 3. The highest BCUT2D eigenvalue weighted by atomic mass is 32.2. The van der Waals surface area contributed by atoms with Crippen molar-refractivity contribution >= 4 is 46.7 Å². The standard InChI is InChI=1S/C18H14N4O2S.C2HF3O2/c19-17-14-7(23)3-8-18(17)4-9(25-8)21-13-11(18)15-10-6(1-2-22(14)15)5-20-12(10)16(13)24;3-2(4,5)1(6)7/h3,5,9,14,17H,1-2,4,19H2,(H,20,21,24);(H,6,7)/t9-,14+,17?,18+;/m0./s1. The molecule has 1 aliphatic carbocycles. The van der Waals surface area contributed by atoms with Gasteiger partial charge in [0.1, 0.15) is 18.2 Å². The number of rotatable bonds is 0. The Bertz CT molecular complexity index is 1350. The SMILES string of the molecule is NC1[C@H]2C(=O)C=C3S[C@H]4C[C@]31c1c(c(O)c3c5c1=[N+]2CCC=5C=N3)N4.O=C([O-])C(F)(F)F. The maximum atomic E-state index is 12.9. The first-order chi connectivity index (χ1) is 15.1. The molecular weight excluding hydrogens is 449 g/mol. The highest BCUT2D eigenvalue weighted by molar-refractivity contribution is 8.04. The Kier molecular flexibility index (Phi) is 3.67. The first kappa shape index (κ1) is 19.8. The molecule has 8 nitrogen and oxygen atoms in total. The van der Waals surface area contributed by atoms with Crippen LogP contribution in [0.3, 0.4) is 0 Å². The molecule has 0 radical (unpaired) electrons. The number of ketones is 1. The summed E-state index contributed by atoms with van der Waals surface area (Å²) in [6.45, 7) is 0.769. The fourth-order valence-corrected chi connectivity index (χ4v) is 7.37. The number of thioether (sulfide) groups is 1. The van der Waals surface area contributed by atoms with E-state index in [0.717, 1.165) is 51.7 Å². The number of alkyl halides is 3. The van der Waals surface area contributed by atoms with E-state index in [2.05, 4.69) is 14.9 Å². The number of carboxylic acids is 1. The zero-order valence-electron chi connectivity index (χ0n) is 16.2. The Labute approximate surface area is 182 Å². The van der Waals surface area contributed by atoms with E-state index in [0.29, 0.717) is 5.69 Å². The molecule has 0 amide bonds. The van der Waals surface area contributed by atoms with Crippen LogP contribution in [0.25, 0.3) is 5.57 Å². The summed E-state index contributed by atoms with van der Waals surface area (Å²) >= 11 is 1.69. The van der Waals surface area contributed by atoms with Gasteiger partial charge in [-0.15, -0.1) is 11.8 Å². The van der Waals surface area contributed by atoms with Gasteiger partial charge < -0.3 is 26.1 Å². The molecule has 7 rings (SSSR count). The molecule has 1 saturated heterocycles. The number of aromatic hydroxyl groups is 1. The van der Waals surface area contributed by atoms with Crippen LogP contribution in [0, 0.1) is 0 Å². The van der Waals surface area contributed by atoms with Crippen molar-refractivity contribution in [1.82, 2.24) is 4.58 Å². The Hall–Kier alpha value is -2.86. The number of nitrogens with zero attached hydrogens (tertiary/aromatic N) is 2. The fourth-order valence-electron chi connectivity index (χ4n) is 5.83. The molecule has 0 saturated carbocycles. The number of carbonyl (C=O) groups excluding carboxylic acids is 2. The van der Waals surface area contributed by atoms with E-state index in [1.807, 2.05) is 12.3 Å². The lowest BCUT2D eigenvalue weighted by Crippen LogP contribution is -2.72. The van der Waals surface area contributed by atoms with Gasteiger partial charge in [0.15, 0.2) is 5.75 Å². The number of carboxylic acid groups (broad SMARTS) is 1. The van der Waals surface area contributed by atoms with Crippen molar-refractivity contribution in [2.75, 3.05) is 11.9 Å². The smallest absolute Gasteiger partial charge is 0.430 e. The second-order valence-electron chi connectivity index (χ2n) is 8.49. The summed E-state index contributed by atoms with van der Waals surface area (Å²) < 4.78 is 33.7. The summed E-state index contributed by atoms with van der Waals surface area (Å²) in [6.07, 6.45) is 0.193. The van der Waals surface area contributed by atoms with E-state index >= 15 is 0 Å². The molecule has 4 atom stereocenters. The number of phenols is 1. The van der Waals surface area contributed by atoms with E-state index in [-0.39, 0.29) is 34.4 Å². The minimum Gasteiger partial charge on any atom is -0.542 e. The van der Waals surface area contributed by atoms with Crippen molar-refractivity contribution in [1.29, 1.82) is 0 Å². The van der Waals surface area contributed by atoms with Crippen molar-refractivity contribution in [2.45, 2.75) is 41.9 Å². The van der Waals surface area contributed by atoms with Gasteiger partial charge in [-0.3, -0.25) is 9.79 Å². The Balaban J connectivity index is 0.000000247. The highest BCUT2D eigenvalue weighted by Gasteiger charge is 2.66. The van der Waals surface area contributed by atoms with Gasteiger partial charge in [0.05, 0.1) is 33.3 Å². The van der Waals surface area contributed by atoms with Gasteiger partial charge in [-0.25, -0.2) is 4.58 Å². The maximum Gasteiger partial charge on any atom is 0.430 e. The molecule has 3 bridgehead atoms. The second-order valence-corrected chi connectivity index (χ2v) is 9.74. The predicted molar refractivity (Wildman–Crippen MR) is 107 cm³/mol. The molecule has 1 spiro atoms. The average Bonchev–Trinajstić information content (AvgIpc) is 3.26. The van der Waals surface area contributed by atoms with E-state index < -0.39 is 12.1 Å². The monoisotopic (exact) mass is 464 g/mol. The third kappa shape index (κ3) is 2.18. The van der Waals surface area contributed by atoms with Gasteiger partial charge >= 0.3 is 6.18 Å². The number of hydrogen-bond acceptors (Lipinski definition) is 8. The summed E-state index contributed by atoms with van der Waals surface area (Å²) in [5.74, 6) is -2.66. The van der Waals surface area contributed by atoms with Crippen molar-refractivity contribution in [3.8, 4) is 5.75 Å². The zero-order valence-corrected chi connectivity index (χ0v) is 17.0. The summed E-state index contributed by atoms with van der Waals surface area (Å²) in [5.41, 5.74) is 10.1. The summed E-state index contributed by atoms with van der Waals surface area (Å²) in [6, 6.07) is -0.579. The molecule has 1 unspecified atom stereocenters. The largest absolute Gasteiger partial charge is 0.542 e. The summed E-state index contributed by atoms with van der Waals surface area (Å²) in [7, 11) is 0. The number of aliphatic imine (C=N–C) groups is 1. The first-order valence-corrected chi connectivity index (χ1v) is 10.8. The number of carbonyl (C=O) groups is 2. The molecule has 12 heteroatoms. The number of nitrogens with two attached hydrogens (primary N) is 1. The van der Waals surface area contributed by atoms with Gasteiger partial charge in [-0.05, 0) is 18.1 Å². The minimum absolute atomic E-state index is 0.115. The van der Waals surface area contributed by atoms with Crippen molar-refractivity contribution < 1.29 is 33.0 Å². The number of anilines is 1. The van der Waals surface area contributed by atoms with Crippen LogP contribution in [-0.4, -0.2) is 53.3 Å². The lowest BCUT2D eigenvalue weighted by atomic mass is 9.61. The molecule has 0 aromatic heterocycles. The van der Waals surface area contributed by atoms with Crippen LogP contribution in [0.15, 0.2) is 16.0 Å². The fraction of sp³-hybridized carbons (Fsp3) is 0.400. The molecule has 4 N–H and O–H groups in total. The van der Waals surface area contributed by atoms with Crippen LogP contribution in [0.4, 0.5) is 24.5 Å². The molecule has 1 aromatic carbocycles. The number of fused-ring (bicyclic) bond motifs is 3. The Morgan fingerprint density at radius 3 is 2.84 bits per heavy atom. The molecule has 6 aliphatic rings. The van der Waals surface area contributed by atoms with Gasteiger partial charge in [0, 0.05) is 17.5 Å². The third-order valence-electron chi connectivity index (χ3n) is 7.01. The van der Waals surface area contributed by atoms with Crippen LogP contribution >= 0.6 is 11.8 Å². The number of hydrogen-bond donors (Lipinski definition) is 3. The van der Waals surface area contributed by atoms with Crippen LogP contribution in [-0.2, 0) is 15.0 Å².